The Kier molecular flexibility index (Phi) is 6.82. The summed E-state index contributed by atoms with van der Waals surface area (Å²) in [5.74, 6) is -0.376. The third kappa shape index (κ3) is 4.83. The van der Waals surface area contributed by atoms with Crippen LogP contribution in [0.15, 0.2) is 54.6 Å². The Morgan fingerprint density at radius 2 is 1.50 bits per heavy atom. The zero-order valence-electron chi connectivity index (χ0n) is 14.6. The molecule has 4 heteroatoms. The minimum atomic E-state index is -0.376. The van der Waals surface area contributed by atoms with Gasteiger partial charge in [-0.05, 0) is 29.8 Å². The fourth-order valence-electron chi connectivity index (χ4n) is 2.84. The predicted molar refractivity (Wildman–Crippen MR) is 100 cm³/mol. The molecule has 1 fully saturated rings. The molecule has 3 rings (SSSR count). The molecule has 1 saturated heterocycles. The molecule has 1 amide bonds. The number of rotatable bonds is 4. The number of piperazine rings is 1. The molecular weight excluding hydrogens is 298 g/mol. The second-order valence-corrected chi connectivity index (χ2v) is 5.66. The van der Waals surface area contributed by atoms with E-state index in [2.05, 4.69) is 40.1 Å². The highest BCUT2D eigenvalue weighted by Crippen LogP contribution is 2.18. The Morgan fingerprint density at radius 3 is 2.04 bits per heavy atom. The van der Waals surface area contributed by atoms with Crippen LogP contribution in [0.3, 0.4) is 0 Å². The molecule has 0 saturated carbocycles. The molecule has 24 heavy (non-hydrogen) atoms. The number of carbonyl (C=O) groups excluding carboxylic acids is 1. The highest BCUT2D eigenvalue weighted by molar-refractivity contribution is 5.93. The lowest BCUT2D eigenvalue weighted by molar-refractivity contribution is 0.100. The van der Waals surface area contributed by atoms with E-state index in [1.165, 1.54) is 5.56 Å². The van der Waals surface area contributed by atoms with Gasteiger partial charge in [-0.2, -0.15) is 0 Å². The quantitative estimate of drug-likeness (QED) is 0.939. The van der Waals surface area contributed by atoms with Crippen LogP contribution in [0, 0.1) is 0 Å². The summed E-state index contributed by atoms with van der Waals surface area (Å²) in [6, 6.07) is 18.1. The summed E-state index contributed by atoms with van der Waals surface area (Å²) in [6.45, 7) is 9.11. The minimum Gasteiger partial charge on any atom is -0.369 e. The molecule has 128 valence electrons. The second kappa shape index (κ2) is 9.08. The van der Waals surface area contributed by atoms with E-state index >= 15 is 0 Å². The molecule has 2 N–H and O–H groups in total. The number of primary amides is 1. The van der Waals surface area contributed by atoms with Crippen molar-refractivity contribution >= 4 is 11.6 Å². The predicted octanol–water partition coefficient (Wildman–Crippen LogP) is 3.13. The summed E-state index contributed by atoms with van der Waals surface area (Å²) in [5, 5.41) is 0. The largest absolute Gasteiger partial charge is 0.369 e. The molecule has 4 nitrogen and oxygen atoms in total. The molecule has 0 unspecified atom stereocenters. The van der Waals surface area contributed by atoms with Crippen molar-refractivity contribution in [3.8, 4) is 0 Å². The molecular formula is C20H27N3O. The SMILES string of the molecule is CC.NC(=O)c1ccc(N2CCN(Cc3ccccc3)CC2)cc1. The average Bonchev–Trinajstić information content (AvgIpc) is 2.65. The lowest BCUT2D eigenvalue weighted by atomic mass is 10.1. The van der Waals surface area contributed by atoms with Crippen LogP contribution >= 0.6 is 0 Å². The number of hydrogen-bond donors (Lipinski definition) is 1. The van der Waals surface area contributed by atoms with Crippen LogP contribution in [-0.4, -0.2) is 37.0 Å². The van der Waals surface area contributed by atoms with Crippen molar-refractivity contribution < 1.29 is 4.79 Å². The molecule has 1 heterocycles. The normalized spacial score (nSPS) is 14.7. The highest BCUT2D eigenvalue weighted by Gasteiger charge is 2.17. The number of nitrogens with zero attached hydrogens (tertiary/aromatic N) is 2. The molecule has 0 aliphatic carbocycles. The zero-order chi connectivity index (χ0) is 17.4. The van der Waals surface area contributed by atoms with Crippen LogP contribution < -0.4 is 10.6 Å². The van der Waals surface area contributed by atoms with Gasteiger partial charge in [-0.3, -0.25) is 9.69 Å². The first-order valence-electron chi connectivity index (χ1n) is 8.63. The zero-order valence-corrected chi connectivity index (χ0v) is 14.6. The maximum atomic E-state index is 11.1. The molecule has 1 aliphatic rings. The summed E-state index contributed by atoms with van der Waals surface area (Å²) >= 11 is 0. The average molecular weight is 325 g/mol. The maximum Gasteiger partial charge on any atom is 0.248 e. The van der Waals surface area contributed by atoms with Crippen LogP contribution in [-0.2, 0) is 6.54 Å². The van der Waals surface area contributed by atoms with Crippen LogP contribution in [0.5, 0.6) is 0 Å². The highest BCUT2D eigenvalue weighted by atomic mass is 16.1. The maximum absolute atomic E-state index is 11.1. The van der Waals surface area contributed by atoms with Crippen molar-refractivity contribution in [2.24, 2.45) is 5.73 Å². The van der Waals surface area contributed by atoms with Crippen LogP contribution in [0.25, 0.3) is 0 Å². The molecule has 1 aliphatic heterocycles. The number of amides is 1. The first kappa shape index (κ1) is 18.0. The van der Waals surface area contributed by atoms with Gasteiger partial charge < -0.3 is 10.6 Å². The number of carbonyl (C=O) groups is 1. The van der Waals surface area contributed by atoms with E-state index in [0.29, 0.717) is 5.56 Å². The minimum absolute atomic E-state index is 0.376. The van der Waals surface area contributed by atoms with Gasteiger partial charge >= 0.3 is 0 Å². The summed E-state index contributed by atoms with van der Waals surface area (Å²) in [7, 11) is 0. The Balaban J connectivity index is 0.00000100. The summed E-state index contributed by atoms with van der Waals surface area (Å²) in [4.78, 5) is 15.9. The van der Waals surface area contributed by atoms with Crippen LogP contribution in [0.1, 0.15) is 29.8 Å². The van der Waals surface area contributed by atoms with Crippen molar-refractivity contribution in [2.45, 2.75) is 20.4 Å². The molecule has 0 spiro atoms. The van der Waals surface area contributed by atoms with Gasteiger partial charge in [0.05, 0.1) is 0 Å². The summed E-state index contributed by atoms with van der Waals surface area (Å²) < 4.78 is 0. The third-order valence-corrected chi connectivity index (χ3v) is 4.14. The molecule has 2 aromatic rings. The summed E-state index contributed by atoms with van der Waals surface area (Å²) in [6.07, 6.45) is 0. The lowest BCUT2D eigenvalue weighted by Crippen LogP contribution is -2.45. The Morgan fingerprint density at radius 1 is 0.917 bits per heavy atom. The lowest BCUT2D eigenvalue weighted by Gasteiger charge is -2.36. The van der Waals surface area contributed by atoms with E-state index in [1.807, 2.05) is 26.0 Å². The van der Waals surface area contributed by atoms with Gasteiger partial charge in [0, 0.05) is 44.0 Å². The van der Waals surface area contributed by atoms with Crippen molar-refractivity contribution in [3.05, 3.63) is 65.7 Å². The molecule has 0 aromatic heterocycles. The van der Waals surface area contributed by atoms with E-state index in [0.717, 1.165) is 38.4 Å². The topological polar surface area (TPSA) is 49.6 Å². The first-order chi connectivity index (χ1) is 11.7. The monoisotopic (exact) mass is 325 g/mol. The van der Waals surface area contributed by atoms with Gasteiger partial charge in [0.2, 0.25) is 5.91 Å². The Bertz CT molecular complexity index is 617. The van der Waals surface area contributed by atoms with Crippen molar-refractivity contribution in [2.75, 3.05) is 31.1 Å². The van der Waals surface area contributed by atoms with E-state index in [1.54, 1.807) is 12.1 Å². The van der Waals surface area contributed by atoms with Gasteiger partial charge in [-0.1, -0.05) is 44.2 Å². The number of nitrogens with two attached hydrogens (primary N) is 1. The standard InChI is InChI=1S/C18H21N3O.C2H6/c19-18(22)16-6-8-17(9-7-16)21-12-10-20(11-13-21)14-15-4-2-1-3-5-15;1-2/h1-9H,10-14H2,(H2,19,22);1-2H3. The first-order valence-corrected chi connectivity index (χ1v) is 8.63. The van der Waals surface area contributed by atoms with Gasteiger partial charge in [0.25, 0.3) is 0 Å². The Hall–Kier alpha value is -2.33. The fourth-order valence-corrected chi connectivity index (χ4v) is 2.84. The number of hydrogen-bond acceptors (Lipinski definition) is 3. The van der Waals surface area contributed by atoms with E-state index < -0.39 is 0 Å². The van der Waals surface area contributed by atoms with Gasteiger partial charge in [0.15, 0.2) is 0 Å². The van der Waals surface area contributed by atoms with Crippen molar-refractivity contribution in [1.29, 1.82) is 0 Å². The Labute approximate surface area is 144 Å². The molecule has 2 aromatic carbocycles. The molecule has 0 atom stereocenters. The van der Waals surface area contributed by atoms with Crippen molar-refractivity contribution in [1.82, 2.24) is 4.90 Å². The van der Waals surface area contributed by atoms with Crippen molar-refractivity contribution in [3.63, 3.8) is 0 Å². The number of benzene rings is 2. The van der Waals surface area contributed by atoms with Gasteiger partial charge in [-0.15, -0.1) is 0 Å². The smallest absolute Gasteiger partial charge is 0.248 e. The molecule has 0 bridgehead atoms. The molecule has 0 radical (unpaired) electrons. The van der Waals surface area contributed by atoms with E-state index in [9.17, 15) is 4.79 Å². The van der Waals surface area contributed by atoms with Gasteiger partial charge in [0.1, 0.15) is 0 Å². The second-order valence-electron chi connectivity index (χ2n) is 5.66. The van der Waals surface area contributed by atoms with E-state index in [4.69, 9.17) is 5.73 Å². The summed E-state index contributed by atoms with van der Waals surface area (Å²) in [5.41, 5.74) is 8.36. The van der Waals surface area contributed by atoms with Crippen LogP contribution in [0.2, 0.25) is 0 Å². The van der Waals surface area contributed by atoms with E-state index in [-0.39, 0.29) is 5.91 Å². The van der Waals surface area contributed by atoms with Gasteiger partial charge in [-0.25, -0.2) is 0 Å². The number of anilines is 1. The fraction of sp³-hybridized carbons (Fsp3) is 0.350. The third-order valence-electron chi connectivity index (χ3n) is 4.14. The van der Waals surface area contributed by atoms with Crippen LogP contribution in [0.4, 0.5) is 5.69 Å².